The first kappa shape index (κ1) is 24.2. The molecule has 0 spiro atoms. The topological polar surface area (TPSA) is 94.1 Å². The zero-order valence-electron chi connectivity index (χ0n) is 18.2. The molecule has 0 aromatic heterocycles. The van der Waals surface area contributed by atoms with Crippen molar-refractivity contribution in [2.45, 2.75) is 82.3 Å². The average Bonchev–Trinajstić information content (AvgIpc) is 2.74. The van der Waals surface area contributed by atoms with Gasteiger partial charge in [0.2, 0.25) is 0 Å². The Bertz CT molecular complexity index is 684. The van der Waals surface area contributed by atoms with Gasteiger partial charge >= 0.3 is 17.2 Å². The smallest absolute Gasteiger partial charge is 0.415 e. The number of hydrogen-bond acceptors (Lipinski definition) is 8. The molecule has 0 aromatic carbocycles. The van der Waals surface area contributed by atoms with Gasteiger partial charge in [-0.3, -0.25) is 9.83 Å². The molecule has 182 valence electrons. The summed E-state index contributed by atoms with van der Waals surface area (Å²) in [6.07, 6.45) is 11.5. The SMILES string of the molecule is O=C(CC12CC3CC(CC(COC(=O)C(F)(F)SOO[O-])(C3)C1)C2)OCC1CCCCC1. The van der Waals surface area contributed by atoms with E-state index in [0.29, 0.717) is 37.2 Å². The predicted octanol–water partition coefficient (Wildman–Crippen LogP) is 4.09. The third kappa shape index (κ3) is 5.56. The zero-order valence-corrected chi connectivity index (χ0v) is 19.0. The van der Waals surface area contributed by atoms with E-state index in [1.165, 1.54) is 19.3 Å². The molecule has 0 N–H and O–H groups in total. The highest BCUT2D eigenvalue weighted by Crippen LogP contribution is 2.66. The number of alkyl halides is 2. The summed E-state index contributed by atoms with van der Waals surface area (Å²) >= 11 is -0.675. The Labute approximate surface area is 190 Å². The summed E-state index contributed by atoms with van der Waals surface area (Å²) in [5.41, 5.74) is -0.586. The number of rotatable bonds is 10. The quantitative estimate of drug-likeness (QED) is 0.201. The van der Waals surface area contributed by atoms with E-state index in [-0.39, 0.29) is 23.4 Å². The first-order chi connectivity index (χ1) is 15.2. The first-order valence-electron chi connectivity index (χ1n) is 11.6. The molecule has 5 aliphatic rings. The molecule has 10 heteroatoms. The average molecular weight is 478 g/mol. The highest BCUT2D eigenvalue weighted by molar-refractivity contribution is 7.96. The van der Waals surface area contributed by atoms with E-state index < -0.39 is 23.3 Å². The van der Waals surface area contributed by atoms with Crippen molar-refractivity contribution in [3.05, 3.63) is 0 Å². The Balaban J connectivity index is 1.34. The van der Waals surface area contributed by atoms with E-state index in [9.17, 15) is 23.6 Å². The predicted molar refractivity (Wildman–Crippen MR) is 107 cm³/mol. The number of hydrogen-bond donors (Lipinski definition) is 0. The fraction of sp³-hybridized carbons (Fsp3) is 0.909. The largest absolute Gasteiger partial charge is 0.691 e. The highest BCUT2D eigenvalue weighted by atomic mass is 32.2. The van der Waals surface area contributed by atoms with Crippen LogP contribution in [0, 0.1) is 28.6 Å². The Morgan fingerprint density at radius 1 is 1.00 bits per heavy atom. The van der Waals surface area contributed by atoms with E-state index in [1.807, 2.05) is 0 Å². The molecule has 0 aliphatic heterocycles. The minimum Gasteiger partial charge on any atom is -0.691 e. The van der Waals surface area contributed by atoms with Crippen LogP contribution < -0.4 is 5.26 Å². The summed E-state index contributed by atoms with van der Waals surface area (Å²) in [7, 11) is 0. The van der Waals surface area contributed by atoms with E-state index in [2.05, 4.69) is 9.37 Å². The van der Waals surface area contributed by atoms with Crippen molar-refractivity contribution in [1.82, 2.24) is 0 Å². The molecule has 4 bridgehead atoms. The molecule has 2 unspecified atom stereocenters. The molecular weight excluding hydrogens is 446 g/mol. The number of halogens is 2. The van der Waals surface area contributed by atoms with Crippen LogP contribution in [0.1, 0.15) is 77.0 Å². The minimum atomic E-state index is -4.03. The van der Waals surface area contributed by atoms with Crippen LogP contribution in [0.15, 0.2) is 0 Å². The van der Waals surface area contributed by atoms with Gasteiger partial charge in [0.15, 0.2) is 0 Å². The standard InChI is InChI=1S/C22H32F2O7S/c23-22(24,32-31-30-27)19(26)29-14-21-9-16-6-17(10-21)8-20(7-16,13-21)11-18(25)28-12-15-4-2-1-3-5-15/h15-17,27H,1-14H2/p-1. The van der Waals surface area contributed by atoms with Crippen LogP contribution in [-0.4, -0.2) is 30.4 Å². The van der Waals surface area contributed by atoms with Crippen molar-refractivity contribution in [2.75, 3.05) is 13.2 Å². The lowest BCUT2D eigenvalue weighted by atomic mass is 9.43. The zero-order chi connectivity index (χ0) is 22.8. The molecule has 0 radical (unpaired) electrons. The van der Waals surface area contributed by atoms with E-state index >= 15 is 0 Å². The summed E-state index contributed by atoms with van der Waals surface area (Å²) in [6, 6.07) is 0. The summed E-state index contributed by atoms with van der Waals surface area (Å²) < 4.78 is 41.7. The molecule has 5 saturated carbocycles. The summed E-state index contributed by atoms with van der Waals surface area (Å²) in [5, 5.41) is 8.64. The second-order valence-corrected chi connectivity index (χ2v) is 11.5. The van der Waals surface area contributed by atoms with Crippen LogP contribution in [0.4, 0.5) is 8.78 Å². The maximum absolute atomic E-state index is 13.7. The second-order valence-electron chi connectivity index (χ2n) is 10.6. The van der Waals surface area contributed by atoms with Crippen LogP contribution in [0.5, 0.6) is 0 Å². The van der Waals surface area contributed by atoms with Crippen molar-refractivity contribution >= 4 is 24.0 Å². The van der Waals surface area contributed by atoms with Crippen molar-refractivity contribution < 1.29 is 42.5 Å². The Hall–Kier alpha value is -0.970. The normalized spacial score (nSPS) is 34.5. The molecule has 0 saturated heterocycles. The minimum absolute atomic E-state index is 0.119. The fourth-order valence-corrected chi connectivity index (χ4v) is 7.58. The lowest BCUT2D eigenvalue weighted by Crippen LogP contribution is -2.54. The molecule has 0 aromatic rings. The lowest BCUT2D eigenvalue weighted by Gasteiger charge is -2.61. The van der Waals surface area contributed by atoms with Gasteiger partial charge in [-0.05, 0) is 74.5 Å². The number of ether oxygens (including phenoxy) is 2. The molecule has 5 aliphatic carbocycles. The van der Waals surface area contributed by atoms with Gasteiger partial charge in [-0.25, -0.2) is 4.79 Å². The molecule has 2 atom stereocenters. The molecule has 5 rings (SSSR count). The molecule has 5 fully saturated rings. The van der Waals surface area contributed by atoms with Gasteiger partial charge in [-0.15, -0.1) is 0 Å². The van der Waals surface area contributed by atoms with Gasteiger partial charge < -0.3 is 14.7 Å². The third-order valence-corrected chi connectivity index (χ3v) is 8.44. The Morgan fingerprint density at radius 3 is 2.31 bits per heavy atom. The van der Waals surface area contributed by atoms with E-state index in [0.717, 1.165) is 44.9 Å². The molecule has 32 heavy (non-hydrogen) atoms. The molecule has 7 nitrogen and oxygen atoms in total. The van der Waals surface area contributed by atoms with Crippen LogP contribution in [0.2, 0.25) is 0 Å². The van der Waals surface area contributed by atoms with Crippen molar-refractivity contribution in [2.24, 2.45) is 28.6 Å². The van der Waals surface area contributed by atoms with Crippen molar-refractivity contribution in [3.8, 4) is 0 Å². The third-order valence-electron chi connectivity index (χ3n) is 7.94. The van der Waals surface area contributed by atoms with Gasteiger partial charge in [0, 0.05) is 5.41 Å². The maximum Gasteiger partial charge on any atom is 0.415 e. The van der Waals surface area contributed by atoms with Gasteiger partial charge in [0.05, 0.1) is 19.6 Å². The Kier molecular flexibility index (Phi) is 7.34. The van der Waals surface area contributed by atoms with Crippen molar-refractivity contribution in [3.63, 3.8) is 0 Å². The number of carbonyl (C=O) groups excluding carboxylic acids is 2. The first-order valence-corrected chi connectivity index (χ1v) is 12.3. The van der Waals surface area contributed by atoms with Gasteiger partial charge in [0.1, 0.15) is 12.0 Å². The van der Waals surface area contributed by atoms with Crippen LogP contribution in [0.3, 0.4) is 0 Å². The fourth-order valence-electron chi connectivity index (χ4n) is 7.34. The van der Waals surface area contributed by atoms with E-state index in [4.69, 9.17) is 9.47 Å². The van der Waals surface area contributed by atoms with Gasteiger partial charge in [0.25, 0.3) is 0 Å². The number of carbonyl (C=O) groups is 2. The second kappa shape index (κ2) is 9.72. The maximum atomic E-state index is 13.7. The van der Waals surface area contributed by atoms with Crippen LogP contribution in [-0.2, 0) is 28.4 Å². The molecular formula is C22H31F2O7S-. The van der Waals surface area contributed by atoms with Crippen molar-refractivity contribution in [1.29, 1.82) is 0 Å². The van der Waals surface area contributed by atoms with E-state index in [1.54, 1.807) is 0 Å². The molecule has 0 heterocycles. The van der Waals surface area contributed by atoms with Gasteiger partial charge in [-0.2, -0.15) is 13.1 Å². The van der Waals surface area contributed by atoms with Crippen LogP contribution >= 0.6 is 12.0 Å². The molecule has 0 amide bonds. The summed E-state index contributed by atoms with van der Waals surface area (Å²) in [6.45, 7) is 0.374. The van der Waals surface area contributed by atoms with Crippen LogP contribution in [0.25, 0.3) is 0 Å². The number of esters is 2. The summed E-state index contributed by atoms with van der Waals surface area (Å²) in [4.78, 5) is 24.6. The van der Waals surface area contributed by atoms with Gasteiger partial charge in [-0.1, -0.05) is 19.3 Å². The monoisotopic (exact) mass is 477 g/mol. The lowest BCUT2D eigenvalue weighted by molar-refractivity contribution is -0.777. The highest BCUT2D eigenvalue weighted by Gasteiger charge is 2.59. The Morgan fingerprint density at radius 2 is 1.66 bits per heavy atom. The summed E-state index contributed by atoms with van der Waals surface area (Å²) in [5.74, 6) is -0.634.